The van der Waals surface area contributed by atoms with Crippen LogP contribution in [0.25, 0.3) is 0 Å². The summed E-state index contributed by atoms with van der Waals surface area (Å²) in [7, 11) is 1.97. The molecule has 1 aliphatic carbocycles. The van der Waals surface area contributed by atoms with Crippen molar-refractivity contribution in [2.24, 2.45) is 11.8 Å². The molecule has 0 aromatic heterocycles. The first-order chi connectivity index (χ1) is 21.9. The minimum absolute atomic E-state index is 0.153. The van der Waals surface area contributed by atoms with E-state index in [4.69, 9.17) is 0 Å². The van der Waals surface area contributed by atoms with Crippen molar-refractivity contribution in [1.82, 2.24) is 25.8 Å². The number of halogens is 3. The predicted molar refractivity (Wildman–Crippen MR) is 169 cm³/mol. The van der Waals surface area contributed by atoms with Gasteiger partial charge in [-0.15, -0.1) is 0 Å². The van der Waals surface area contributed by atoms with Gasteiger partial charge in [-0.3, -0.25) is 19.2 Å². The Bertz CT molecular complexity index is 1230. The number of nitrogens with zero attached hydrogens (tertiary/aromatic N) is 2. The number of hydrogen-bond acceptors (Lipinski definition) is 6. The fraction of sp³-hybridized carbons (Fsp3) is 0.697. The van der Waals surface area contributed by atoms with Gasteiger partial charge >= 0.3 is 5.92 Å². The Balaban J connectivity index is 1.50. The topological polar surface area (TPSA) is 123 Å². The van der Waals surface area contributed by atoms with Crippen LogP contribution in [-0.4, -0.2) is 97.8 Å². The van der Waals surface area contributed by atoms with Gasteiger partial charge < -0.3 is 31.1 Å². The van der Waals surface area contributed by atoms with E-state index in [2.05, 4.69) is 26.2 Å². The minimum Gasteiger partial charge on any atom is -0.344 e. The second-order valence-corrected chi connectivity index (χ2v) is 13.0. The standard InChI is InChI=1S/C33H49F3N6O4/c1-4-27(43)39-28(31(45)42-18-16-41(3)17-19-42)21(2)23-10-11-26(25(34)20-23)38-30(44)29(22-8-6-5-7-9-22)40-32(46)33(35,36)24-12-14-37-15-13-24/h10-11,20-22,24,28-29,37H,4-9,12-19H2,1-3H3,(H,38,44)(H,39,43)(H,40,46)/t21-,28+,29-/m0/s1. The molecule has 2 saturated heterocycles. The SMILES string of the molecule is CCC(=O)N[C@@H](C(=O)N1CCN(C)CC1)[C@@H](C)c1ccc(NC(=O)[C@@H](NC(=O)C(F)(F)C2CCNCC2)C2CCCCC2)c(F)c1. The molecule has 0 bridgehead atoms. The van der Waals surface area contributed by atoms with Crippen molar-refractivity contribution in [2.45, 2.75) is 89.1 Å². The van der Waals surface area contributed by atoms with E-state index >= 15 is 13.2 Å². The molecule has 13 heteroatoms. The number of nitrogens with one attached hydrogen (secondary N) is 4. The van der Waals surface area contributed by atoms with Crippen LogP contribution < -0.4 is 21.3 Å². The summed E-state index contributed by atoms with van der Waals surface area (Å²) in [5.74, 6) is -9.24. The molecule has 0 unspecified atom stereocenters. The average Bonchev–Trinajstić information content (AvgIpc) is 3.07. The lowest BCUT2D eigenvalue weighted by Gasteiger charge is -2.36. The van der Waals surface area contributed by atoms with E-state index in [1.54, 1.807) is 24.8 Å². The van der Waals surface area contributed by atoms with Crippen LogP contribution in [0.1, 0.15) is 76.7 Å². The van der Waals surface area contributed by atoms with Crippen LogP contribution in [0.5, 0.6) is 0 Å². The molecule has 3 fully saturated rings. The first-order valence-electron chi connectivity index (χ1n) is 16.7. The Hall–Kier alpha value is -3.19. The van der Waals surface area contributed by atoms with Crippen molar-refractivity contribution < 1.29 is 32.3 Å². The van der Waals surface area contributed by atoms with Gasteiger partial charge in [0, 0.05) is 44.4 Å². The third kappa shape index (κ3) is 8.78. The van der Waals surface area contributed by atoms with Crippen molar-refractivity contribution in [2.75, 3.05) is 51.6 Å². The molecule has 3 aliphatic rings. The molecular weight excluding hydrogens is 601 g/mol. The Morgan fingerprint density at radius 3 is 2.24 bits per heavy atom. The van der Waals surface area contributed by atoms with Gasteiger partial charge in [-0.05, 0) is 69.4 Å². The van der Waals surface area contributed by atoms with Gasteiger partial charge in [-0.2, -0.15) is 8.78 Å². The monoisotopic (exact) mass is 650 g/mol. The molecule has 46 heavy (non-hydrogen) atoms. The fourth-order valence-electron chi connectivity index (χ4n) is 6.69. The average molecular weight is 651 g/mol. The van der Waals surface area contributed by atoms with Crippen LogP contribution in [0.3, 0.4) is 0 Å². The Morgan fingerprint density at radius 2 is 1.63 bits per heavy atom. The number of alkyl halides is 2. The molecule has 4 rings (SSSR count). The molecule has 3 atom stereocenters. The summed E-state index contributed by atoms with van der Waals surface area (Å²) in [6, 6.07) is 1.99. The molecule has 1 saturated carbocycles. The van der Waals surface area contributed by atoms with Gasteiger partial charge in [-0.1, -0.05) is 39.2 Å². The van der Waals surface area contributed by atoms with Gasteiger partial charge in [0.1, 0.15) is 17.9 Å². The number of amides is 4. The largest absolute Gasteiger partial charge is 0.344 e. The molecule has 0 radical (unpaired) electrons. The molecule has 2 heterocycles. The lowest BCUT2D eigenvalue weighted by molar-refractivity contribution is -0.157. The van der Waals surface area contributed by atoms with Crippen LogP contribution in [0, 0.1) is 17.7 Å². The van der Waals surface area contributed by atoms with E-state index in [0.717, 1.165) is 19.3 Å². The summed E-state index contributed by atoms with van der Waals surface area (Å²) in [5.41, 5.74) is 0.277. The molecule has 1 aromatic rings. The van der Waals surface area contributed by atoms with Crippen LogP contribution in [-0.2, 0) is 19.2 Å². The smallest absolute Gasteiger partial charge is 0.327 e. The van der Waals surface area contributed by atoms with E-state index in [0.29, 0.717) is 57.7 Å². The molecule has 2 aliphatic heterocycles. The summed E-state index contributed by atoms with van der Waals surface area (Å²) < 4.78 is 45.9. The molecule has 1 aromatic carbocycles. The number of rotatable bonds is 11. The lowest BCUT2D eigenvalue weighted by Crippen LogP contribution is -2.56. The van der Waals surface area contributed by atoms with Crippen LogP contribution >= 0.6 is 0 Å². The number of benzene rings is 1. The summed E-state index contributed by atoms with van der Waals surface area (Å²) in [4.78, 5) is 56.1. The van der Waals surface area contributed by atoms with E-state index in [-0.39, 0.29) is 42.7 Å². The number of carbonyl (C=O) groups excluding carboxylic acids is 4. The maximum absolute atomic E-state index is 15.5. The summed E-state index contributed by atoms with van der Waals surface area (Å²) in [6.07, 6.45) is 4.22. The highest BCUT2D eigenvalue weighted by Crippen LogP contribution is 2.34. The van der Waals surface area contributed by atoms with E-state index in [1.165, 1.54) is 12.1 Å². The molecular formula is C33H49F3N6O4. The third-order valence-corrected chi connectivity index (χ3v) is 9.84. The molecule has 4 N–H and O–H groups in total. The Kier molecular flexibility index (Phi) is 12.5. The van der Waals surface area contributed by atoms with Crippen LogP contribution in [0.15, 0.2) is 18.2 Å². The predicted octanol–water partition coefficient (Wildman–Crippen LogP) is 3.24. The number of piperidine rings is 1. The van der Waals surface area contributed by atoms with Crippen molar-refractivity contribution in [3.8, 4) is 0 Å². The first-order valence-corrected chi connectivity index (χ1v) is 16.7. The number of carbonyl (C=O) groups is 4. The van der Waals surface area contributed by atoms with Gasteiger partial charge in [0.15, 0.2) is 0 Å². The van der Waals surface area contributed by atoms with E-state index < -0.39 is 47.5 Å². The first kappa shape index (κ1) is 35.7. The number of hydrogen-bond donors (Lipinski definition) is 4. The maximum Gasteiger partial charge on any atom is 0.327 e. The lowest BCUT2D eigenvalue weighted by atomic mass is 9.83. The fourth-order valence-corrected chi connectivity index (χ4v) is 6.69. The van der Waals surface area contributed by atoms with Gasteiger partial charge in [0.05, 0.1) is 5.69 Å². The van der Waals surface area contributed by atoms with Crippen LogP contribution in [0.2, 0.25) is 0 Å². The third-order valence-electron chi connectivity index (χ3n) is 9.84. The number of likely N-dealkylation sites (N-methyl/N-ethyl adjacent to an activating group) is 1. The quantitative estimate of drug-likeness (QED) is 0.292. The number of piperazine rings is 1. The maximum atomic E-state index is 15.5. The van der Waals surface area contributed by atoms with Gasteiger partial charge in [-0.25, -0.2) is 4.39 Å². The zero-order valence-corrected chi connectivity index (χ0v) is 27.2. The summed E-state index contributed by atoms with van der Waals surface area (Å²) in [5, 5.41) is 10.7. The van der Waals surface area contributed by atoms with Crippen molar-refractivity contribution in [3.63, 3.8) is 0 Å². The zero-order valence-electron chi connectivity index (χ0n) is 27.2. The molecule has 4 amide bonds. The normalized spacial score (nSPS) is 20.8. The second-order valence-electron chi connectivity index (χ2n) is 13.0. The van der Waals surface area contributed by atoms with E-state index in [9.17, 15) is 19.2 Å². The van der Waals surface area contributed by atoms with Gasteiger partial charge in [0.25, 0.3) is 5.91 Å². The summed E-state index contributed by atoms with van der Waals surface area (Å²) in [6.45, 7) is 6.65. The highest BCUT2D eigenvalue weighted by molar-refractivity contribution is 5.98. The molecule has 0 spiro atoms. The summed E-state index contributed by atoms with van der Waals surface area (Å²) >= 11 is 0. The molecule has 256 valence electrons. The molecule has 10 nitrogen and oxygen atoms in total. The van der Waals surface area contributed by atoms with Gasteiger partial charge in [0.2, 0.25) is 17.7 Å². The minimum atomic E-state index is -3.64. The number of anilines is 1. The highest BCUT2D eigenvalue weighted by atomic mass is 19.3. The van der Waals surface area contributed by atoms with Crippen molar-refractivity contribution >= 4 is 29.3 Å². The van der Waals surface area contributed by atoms with E-state index in [1.807, 2.05) is 7.05 Å². The Labute approximate surface area is 269 Å². The second kappa shape index (κ2) is 16.1. The highest BCUT2D eigenvalue weighted by Gasteiger charge is 2.49. The Morgan fingerprint density at radius 1 is 0.978 bits per heavy atom. The zero-order chi connectivity index (χ0) is 33.4. The van der Waals surface area contributed by atoms with Crippen molar-refractivity contribution in [3.05, 3.63) is 29.6 Å². The van der Waals surface area contributed by atoms with Crippen molar-refractivity contribution in [1.29, 1.82) is 0 Å². The van der Waals surface area contributed by atoms with Crippen LogP contribution in [0.4, 0.5) is 18.9 Å².